The minimum absolute atomic E-state index is 0.0421. The van der Waals surface area contributed by atoms with Crippen molar-refractivity contribution in [3.05, 3.63) is 71.1 Å². The predicted molar refractivity (Wildman–Crippen MR) is 123 cm³/mol. The zero-order chi connectivity index (χ0) is 24.0. The van der Waals surface area contributed by atoms with Gasteiger partial charge < -0.3 is 9.84 Å². The summed E-state index contributed by atoms with van der Waals surface area (Å²) in [5.41, 5.74) is 0.693. The number of benzene rings is 1. The fourth-order valence-corrected chi connectivity index (χ4v) is 2.95. The first-order chi connectivity index (χ1) is 14.5. The third-order valence-corrected chi connectivity index (χ3v) is 4.95. The van der Waals surface area contributed by atoms with Crippen molar-refractivity contribution in [2.75, 3.05) is 6.26 Å². The highest BCUT2D eigenvalue weighted by Gasteiger charge is 2.14. The van der Waals surface area contributed by atoms with Crippen molar-refractivity contribution in [2.45, 2.75) is 47.1 Å². The molecule has 0 aromatic heterocycles. The van der Waals surface area contributed by atoms with E-state index in [2.05, 4.69) is 11.6 Å². The molecule has 1 aromatic carbocycles. The average Bonchev–Trinajstić information content (AvgIpc) is 2.70. The van der Waals surface area contributed by atoms with Crippen LogP contribution >= 0.6 is 0 Å². The highest BCUT2D eigenvalue weighted by molar-refractivity contribution is 7.94. The van der Waals surface area contributed by atoms with Crippen LogP contribution < -0.4 is 0 Å². The molecule has 0 saturated carbocycles. The molecule has 0 amide bonds. The lowest BCUT2D eigenvalue weighted by Gasteiger charge is -2.14. The second-order valence-electron chi connectivity index (χ2n) is 6.41. The van der Waals surface area contributed by atoms with Gasteiger partial charge in [-0.2, -0.15) is 0 Å². The topological polar surface area (TPSA) is 93.0 Å². The maximum absolute atomic E-state index is 13.0. The van der Waals surface area contributed by atoms with Crippen LogP contribution in [0.15, 0.2) is 64.7 Å². The highest BCUT2D eigenvalue weighted by Crippen LogP contribution is 2.17. The van der Waals surface area contributed by atoms with Crippen molar-refractivity contribution in [1.29, 1.82) is 0 Å². The summed E-state index contributed by atoms with van der Waals surface area (Å²) in [6.45, 7) is 11.5. The van der Waals surface area contributed by atoms with Crippen molar-refractivity contribution in [2.24, 2.45) is 10.9 Å². The summed E-state index contributed by atoms with van der Waals surface area (Å²) >= 11 is 0. The molecule has 1 unspecified atom stereocenters. The van der Waals surface area contributed by atoms with Crippen LogP contribution in [0.4, 0.5) is 4.39 Å². The molecule has 1 N–H and O–H groups in total. The Morgan fingerprint density at radius 2 is 1.87 bits per heavy atom. The Morgan fingerprint density at radius 3 is 2.35 bits per heavy atom. The fraction of sp³-hybridized carbons (Fsp3) is 0.391. The third kappa shape index (κ3) is 11.9. The minimum atomic E-state index is -3.35. The number of rotatable bonds is 10. The Kier molecular flexibility index (Phi) is 13.0. The molecule has 1 atom stereocenters. The van der Waals surface area contributed by atoms with Crippen LogP contribution in [-0.2, 0) is 25.9 Å². The number of carboxylic acids is 1. The second kappa shape index (κ2) is 14.3. The normalized spacial score (nSPS) is 13.4. The summed E-state index contributed by atoms with van der Waals surface area (Å²) in [7, 11) is -3.35. The van der Waals surface area contributed by atoms with Crippen LogP contribution in [0.3, 0.4) is 0 Å². The van der Waals surface area contributed by atoms with Gasteiger partial charge in [0.2, 0.25) is 5.90 Å². The van der Waals surface area contributed by atoms with E-state index in [0.29, 0.717) is 12.0 Å². The Hall–Kier alpha value is -2.74. The summed E-state index contributed by atoms with van der Waals surface area (Å²) < 4.78 is 42.0. The lowest BCUT2D eigenvalue weighted by atomic mass is 10.1. The first-order valence-electron chi connectivity index (χ1n) is 9.97. The number of allylic oxidation sites excluding steroid dienone is 3. The van der Waals surface area contributed by atoms with Crippen LogP contribution in [0.25, 0.3) is 0 Å². The van der Waals surface area contributed by atoms with Gasteiger partial charge in [-0.25, -0.2) is 12.8 Å². The summed E-state index contributed by atoms with van der Waals surface area (Å²) in [4.78, 5) is 15.4. The quantitative estimate of drug-likeness (QED) is 0.225. The maximum Gasteiger partial charge on any atom is 0.312 e. The molecule has 0 aliphatic rings. The molecule has 0 aliphatic heterocycles. The van der Waals surface area contributed by atoms with Crippen molar-refractivity contribution >= 4 is 21.7 Å². The predicted octanol–water partition coefficient (Wildman–Crippen LogP) is 5.29. The molecular formula is C23H32FNO5S. The monoisotopic (exact) mass is 453 g/mol. The first kappa shape index (κ1) is 28.3. The van der Waals surface area contributed by atoms with E-state index in [1.54, 1.807) is 31.2 Å². The maximum atomic E-state index is 13.0. The van der Waals surface area contributed by atoms with E-state index in [0.717, 1.165) is 6.26 Å². The molecule has 8 heteroatoms. The van der Waals surface area contributed by atoms with Crippen molar-refractivity contribution < 1.29 is 27.4 Å². The van der Waals surface area contributed by atoms with Gasteiger partial charge in [-0.1, -0.05) is 58.6 Å². The molecule has 0 bridgehead atoms. The third-order valence-electron chi connectivity index (χ3n) is 3.79. The Balaban J connectivity index is 0.00000436. The van der Waals surface area contributed by atoms with Crippen molar-refractivity contribution in [3.8, 4) is 0 Å². The van der Waals surface area contributed by atoms with E-state index < -0.39 is 22.2 Å². The molecule has 0 heterocycles. The van der Waals surface area contributed by atoms with E-state index in [9.17, 15) is 17.6 Å². The lowest BCUT2D eigenvalue weighted by Crippen LogP contribution is -2.13. The van der Waals surface area contributed by atoms with Gasteiger partial charge in [-0.15, -0.1) is 0 Å². The number of ether oxygens (including phenoxy) is 1. The summed E-state index contributed by atoms with van der Waals surface area (Å²) in [5.74, 6) is -1.70. The number of halogens is 1. The number of aliphatic imine (C=N–C) groups is 1. The van der Waals surface area contributed by atoms with Gasteiger partial charge in [0.15, 0.2) is 9.84 Å². The van der Waals surface area contributed by atoms with Crippen LogP contribution in [0.1, 0.15) is 46.1 Å². The Labute approximate surface area is 184 Å². The van der Waals surface area contributed by atoms with Gasteiger partial charge in [-0.05, 0) is 30.2 Å². The first-order valence-corrected chi connectivity index (χ1v) is 11.9. The van der Waals surface area contributed by atoms with Crippen molar-refractivity contribution in [1.82, 2.24) is 0 Å². The SMILES string of the molecule is C=C(OC(CC(=O)O)=NCc1ccc(F)cc1)C(C)/C=C\C(=C/CC)S(C)(=O)=O.CC. The summed E-state index contributed by atoms with van der Waals surface area (Å²) in [6, 6.07) is 5.67. The molecule has 0 aliphatic carbocycles. The number of sulfone groups is 1. The van der Waals surface area contributed by atoms with E-state index >= 15 is 0 Å². The summed E-state index contributed by atoms with van der Waals surface area (Å²) in [6.07, 6.45) is 5.94. The van der Waals surface area contributed by atoms with Gasteiger partial charge in [0.25, 0.3) is 0 Å². The molecule has 0 radical (unpaired) electrons. The number of nitrogens with zero attached hydrogens (tertiary/aromatic N) is 1. The van der Waals surface area contributed by atoms with Crippen molar-refractivity contribution in [3.63, 3.8) is 0 Å². The van der Waals surface area contributed by atoms with Gasteiger partial charge >= 0.3 is 5.97 Å². The second-order valence-corrected chi connectivity index (χ2v) is 8.43. The van der Waals surface area contributed by atoms with Crippen LogP contribution in [0, 0.1) is 11.7 Å². The van der Waals surface area contributed by atoms with Gasteiger partial charge in [-0.3, -0.25) is 9.79 Å². The van der Waals surface area contributed by atoms with Gasteiger partial charge in [0.1, 0.15) is 18.0 Å². The molecule has 0 fully saturated rings. The molecule has 31 heavy (non-hydrogen) atoms. The molecule has 1 rings (SSSR count). The molecule has 0 saturated heterocycles. The molecule has 0 spiro atoms. The molecule has 1 aromatic rings. The van der Waals surface area contributed by atoms with E-state index in [1.165, 1.54) is 18.2 Å². The Morgan fingerprint density at radius 1 is 1.29 bits per heavy atom. The standard InChI is InChI=1S/C21H26FNO5S.C2H6/c1-5-6-19(29(4,26)27)12-7-15(2)16(3)28-20(13-21(24)25)23-14-17-8-10-18(22)11-9-17;1-2/h6-12,15H,3,5,13-14H2,1-2,4H3,(H,24,25);1-2H3/b12-7-,19-6+,23-20?;. The van der Waals surface area contributed by atoms with Gasteiger partial charge in [0, 0.05) is 12.2 Å². The Bertz CT molecular complexity index is 916. The largest absolute Gasteiger partial charge is 0.481 e. The van der Waals surface area contributed by atoms with Crippen LogP contribution in [0.5, 0.6) is 0 Å². The number of hydrogen-bond donors (Lipinski definition) is 1. The molecule has 172 valence electrons. The zero-order valence-electron chi connectivity index (χ0n) is 18.8. The highest BCUT2D eigenvalue weighted by atomic mass is 32.2. The molecular weight excluding hydrogens is 421 g/mol. The lowest BCUT2D eigenvalue weighted by molar-refractivity contribution is -0.135. The number of carboxylic acid groups (broad SMARTS) is 1. The summed E-state index contributed by atoms with van der Waals surface area (Å²) in [5, 5.41) is 9.07. The average molecular weight is 454 g/mol. The van der Waals surface area contributed by atoms with E-state index in [4.69, 9.17) is 9.84 Å². The number of carbonyl (C=O) groups is 1. The van der Waals surface area contributed by atoms with Crippen LogP contribution in [-0.4, -0.2) is 31.6 Å². The van der Waals surface area contributed by atoms with E-state index in [1.807, 2.05) is 20.8 Å². The number of hydrogen-bond acceptors (Lipinski definition) is 5. The van der Waals surface area contributed by atoms with Gasteiger partial charge in [0.05, 0.1) is 11.4 Å². The fourth-order valence-electron chi connectivity index (χ4n) is 2.16. The zero-order valence-corrected chi connectivity index (χ0v) is 19.6. The van der Waals surface area contributed by atoms with Crippen LogP contribution in [0.2, 0.25) is 0 Å². The smallest absolute Gasteiger partial charge is 0.312 e. The number of aliphatic carboxylic acids is 1. The van der Waals surface area contributed by atoms with E-state index in [-0.39, 0.29) is 34.8 Å². The minimum Gasteiger partial charge on any atom is -0.481 e. The molecule has 6 nitrogen and oxygen atoms in total.